The van der Waals surface area contributed by atoms with Gasteiger partial charge in [0.15, 0.2) is 0 Å². The number of carbonyl (C=O) groups is 1. The van der Waals surface area contributed by atoms with E-state index >= 15 is 0 Å². The number of benzene rings is 1. The smallest absolute Gasteiger partial charge is 0.223 e. The molecule has 5 heteroatoms. The van der Waals surface area contributed by atoms with Gasteiger partial charge in [-0.05, 0) is 30.9 Å². The predicted molar refractivity (Wildman–Crippen MR) is 89.1 cm³/mol. The maximum absolute atomic E-state index is 12.1. The van der Waals surface area contributed by atoms with Crippen LogP contribution in [-0.2, 0) is 4.79 Å². The Morgan fingerprint density at radius 3 is 2.73 bits per heavy atom. The Balaban J connectivity index is 1.73. The van der Waals surface area contributed by atoms with Crippen LogP contribution >= 0.6 is 11.6 Å². The van der Waals surface area contributed by atoms with E-state index in [1.807, 2.05) is 12.1 Å². The molecule has 1 aromatic rings. The lowest BCUT2D eigenvalue weighted by Gasteiger charge is -2.30. The maximum Gasteiger partial charge on any atom is 0.223 e. The second kappa shape index (κ2) is 9.01. The van der Waals surface area contributed by atoms with Crippen molar-refractivity contribution in [2.75, 3.05) is 13.2 Å². The molecule has 22 heavy (non-hydrogen) atoms. The Kier molecular flexibility index (Phi) is 7.00. The number of halogens is 1. The third kappa shape index (κ3) is 5.18. The fourth-order valence-electron chi connectivity index (χ4n) is 3.00. The first kappa shape index (κ1) is 17.1. The lowest BCUT2D eigenvalue weighted by molar-refractivity contribution is -0.122. The minimum atomic E-state index is -0.00641. The molecule has 0 saturated heterocycles. The van der Waals surface area contributed by atoms with E-state index in [1.165, 1.54) is 19.3 Å². The molecule has 0 aliphatic heterocycles. The summed E-state index contributed by atoms with van der Waals surface area (Å²) in [5.74, 6) is 1.12. The van der Waals surface area contributed by atoms with Crippen LogP contribution < -0.4 is 15.8 Å². The van der Waals surface area contributed by atoms with Crippen molar-refractivity contribution in [3.05, 3.63) is 29.3 Å². The van der Waals surface area contributed by atoms with Crippen LogP contribution in [0.5, 0.6) is 5.75 Å². The highest BCUT2D eigenvalue weighted by molar-refractivity contribution is 6.32. The van der Waals surface area contributed by atoms with Gasteiger partial charge in [-0.15, -0.1) is 0 Å². The zero-order valence-electron chi connectivity index (χ0n) is 12.9. The Morgan fingerprint density at radius 2 is 2.05 bits per heavy atom. The van der Waals surface area contributed by atoms with Crippen LogP contribution in [0, 0.1) is 5.92 Å². The van der Waals surface area contributed by atoms with Gasteiger partial charge in [-0.1, -0.05) is 43.0 Å². The van der Waals surface area contributed by atoms with Crippen molar-refractivity contribution in [1.29, 1.82) is 0 Å². The van der Waals surface area contributed by atoms with Gasteiger partial charge < -0.3 is 15.8 Å². The Morgan fingerprint density at radius 1 is 1.32 bits per heavy atom. The molecule has 1 unspecified atom stereocenters. The summed E-state index contributed by atoms with van der Waals surface area (Å²) >= 11 is 6.01. The molecule has 1 atom stereocenters. The number of nitrogens with two attached hydrogens (primary N) is 1. The summed E-state index contributed by atoms with van der Waals surface area (Å²) in [6.45, 7) is 0.819. The van der Waals surface area contributed by atoms with Crippen LogP contribution in [0.25, 0.3) is 0 Å². The van der Waals surface area contributed by atoms with E-state index in [2.05, 4.69) is 5.32 Å². The predicted octanol–water partition coefficient (Wildman–Crippen LogP) is 3.13. The average Bonchev–Trinajstić information content (AvgIpc) is 2.55. The third-order valence-electron chi connectivity index (χ3n) is 4.24. The molecule has 3 N–H and O–H groups in total. The quantitative estimate of drug-likeness (QED) is 0.810. The van der Waals surface area contributed by atoms with E-state index in [0.717, 1.165) is 12.8 Å². The number of nitrogens with one attached hydrogen (secondary N) is 1. The fraction of sp³-hybridized carbons (Fsp3) is 0.588. The van der Waals surface area contributed by atoms with E-state index in [1.54, 1.807) is 12.1 Å². The fourth-order valence-corrected chi connectivity index (χ4v) is 3.19. The highest BCUT2D eigenvalue weighted by Crippen LogP contribution is 2.26. The SMILES string of the molecule is NCC(NC(=O)CCOc1ccccc1Cl)C1CCCCC1. The number of rotatable bonds is 7. The van der Waals surface area contributed by atoms with E-state index < -0.39 is 0 Å². The van der Waals surface area contributed by atoms with Crippen LogP contribution in [0.3, 0.4) is 0 Å². The summed E-state index contributed by atoms with van der Waals surface area (Å²) in [4.78, 5) is 12.1. The molecule has 1 aliphatic carbocycles. The lowest BCUT2D eigenvalue weighted by Crippen LogP contribution is -2.46. The van der Waals surface area contributed by atoms with Crippen molar-refractivity contribution in [1.82, 2.24) is 5.32 Å². The average molecular weight is 325 g/mol. The van der Waals surface area contributed by atoms with Crippen LogP contribution in [0.4, 0.5) is 0 Å². The molecule has 1 amide bonds. The monoisotopic (exact) mass is 324 g/mol. The van der Waals surface area contributed by atoms with Gasteiger partial charge in [-0.3, -0.25) is 4.79 Å². The zero-order valence-corrected chi connectivity index (χ0v) is 13.6. The van der Waals surface area contributed by atoms with Crippen LogP contribution in [0.2, 0.25) is 5.02 Å². The molecule has 0 spiro atoms. The van der Waals surface area contributed by atoms with E-state index in [9.17, 15) is 4.79 Å². The molecule has 0 aromatic heterocycles. The molecule has 1 aromatic carbocycles. The summed E-state index contributed by atoms with van der Waals surface area (Å²) in [5.41, 5.74) is 5.83. The largest absolute Gasteiger partial charge is 0.491 e. The topological polar surface area (TPSA) is 64.3 Å². The summed E-state index contributed by atoms with van der Waals surface area (Å²) in [5, 5.41) is 3.62. The standard InChI is InChI=1S/C17H25ClN2O2/c18-14-8-4-5-9-16(14)22-11-10-17(21)20-15(12-19)13-6-2-1-3-7-13/h4-5,8-9,13,15H,1-3,6-7,10-12,19H2,(H,20,21). The Hall–Kier alpha value is -1.26. The first-order chi connectivity index (χ1) is 10.7. The molecule has 122 valence electrons. The summed E-state index contributed by atoms with van der Waals surface area (Å²) in [6, 6.07) is 7.36. The number of para-hydroxylation sites is 1. The Bertz CT molecular complexity index is 475. The van der Waals surface area contributed by atoms with Crippen LogP contribution in [-0.4, -0.2) is 25.1 Å². The molecule has 0 radical (unpaired) electrons. The summed E-state index contributed by atoms with van der Waals surface area (Å²) in [7, 11) is 0. The summed E-state index contributed by atoms with van der Waals surface area (Å²) in [6.07, 6.45) is 6.43. The van der Waals surface area contributed by atoms with Gasteiger partial charge in [0, 0.05) is 12.6 Å². The summed E-state index contributed by atoms with van der Waals surface area (Å²) < 4.78 is 5.54. The molecule has 0 heterocycles. The minimum absolute atomic E-state index is 0.00641. The molecular weight excluding hydrogens is 300 g/mol. The number of amides is 1. The van der Waals surface area contributed by atoms with Gasteiger partial charge in [-0.2, -0.15) is 0 Å². The third-order valence-corrected chi connectivity index (χ3v) is 4.55. The van der Waals surface area contributed by atoms with E-state index in [4.69, 9.17) is 22.1 Å². The number of ether oxygens (including phenoxy) is 1. The van der Waals surface area contributed by atoms with Crippen molar-refractivity contribution < 1.29 is 9.53 Å². The second-order valence-electron chi connectivity index (χ2n) is 5.84. The van der Waals surface area contributed by atoms with E-state index in [-0.39, 0.29) is 11.9 Å². The molecule has 1 aliphatic rings. The van der Waals surface area contributed by atoms with E-state index in [0.29, 0.717) is 36.3 Å². The molecule has 0 bridgehead atoms. The molecule has 4 nitrogen and oxygen atoms in total. The lowest BCUT2D eigenvalue weighted by atomic mass is 9.84. The van der Waals surface area contributed by atoms with Crippen molar-refractivity contribution in [2.24, 2.45) is 11.7 Å². The van der Waals surface area contributed by atoms with Gasteiger partial charge in [0.1, 0.15) is 5.75 Å². The highest BCUT2D eigenvalue weighted by Gasteiger charge is 2.23. The number of hydrogen-bond donors (Lipinski definition) is 2. The number of carbonyl (C=O) groups excluding carboxylic acids is 1. The van der Waals surface area contributed by atoms with Crippen LogP contribution in [0.1, 0.15) is 38.5 Å². The van der Waals surface area contributed by atoms with Gasteiger partial charge in [0.25, 0.3) is 0 Å². The first-order valence-corrected chi connectivity index (χ1v) is 8.45. The van der Waals surface area contributed by atoms with Gasteiger partial charge in [0.2, 0.25) is 5.91 Å². The van der Waals surface area contributed by atoms with Gasteiger partial charge in [0.05, 0.1) is 18.1 Å². The highest BCUT2D eigenvalue weighted by atomic mass is 35.5. The zero-order chi connectivity index (χ0) is 15.8. The van der Waals surface area contributed by atoms with Crippen molar-refractivity contribution in [3.63, 3.8) is 0 Å². The minimum Gasteiger partial charge on any atom is -0.491 e. The van der Waals surface area contributed by atoms with Crippen molar-refractivity contribution >= 4 is 17.5 Å². The van der Waals surface area contributed by atoms with Gasteiger partial charge in [-0.25, -0.2) is 0 Å². The maximum atomic E-state index is 12.1. The van der Waals surface area contributed by atoms with Crippen molar-refractivity contribution in [3.8, 4) is 5.75 Å². The molecular formula is C17H25ClN2O2. The Labute approximate surface area is 137 Å². The molecule has 1 fully saturated rings. The number of hydrogen-bond acceptors (Lipinski definition) is 3. The van der Waals surface area contributed by atoms with Crippen molar-refractivity contribution in [2.45, 2.75) is 44.6 Å². The van der Waals surface area contributed by atoms with Gasteiger partial charge >= 0.3 is 0 Å². The first-order valence-electron chi connectivity index (χ1n) is 8.07. The van der Waals surface area contributed by atoms with Crippen LogP contribution in [0.15, 0.2) is 24.3 Å². The molecule has 2 rings (SSSR count). The molecule has 1 saturated carbocycles. The second-order valence-corrected chi connectivity index (χ2v) is 6.24. The normalized spacial score (nSPS) is 17.0.